The Morgan fingerprint density at radius 1 is 0.929 bits per heavy atom. The highest BCUT2D eigenvalue weighted by Gasteiger charge is 2.49. The summed E-state index contributed by atoms with van der Waals surface area (Å²) >= 11 is 0. The lowest BCUT2D eigenvalue weighted by Gasteiger charge is -2.34. The van der Waals surface area contributed by atoms with Crippen LogP contribution in [-0.2, 0) is 9.59 Å². The molecule has 1 heterocycles. The summed E-state index contributed by atoms with van der Waals surface area (Å²) in [5.41, 5.74) is 2.64. The van der Waals surface area contributed by atoms with Crippen LogP contribution < -0.4 is 4.90 Å². The first-order valence-electron chi connectivity index (χ1n) is 10.0. The standard InChI is InChI=1S/C24H25NO3/c1-16-12-14-19(15-13-16)25-21(17-8-4-2-5-9-17)20(23(27)24(25)28)22(26)18-10-6-3-7-11-18/h3,6-7,10-15,17,21,26H,2,4-5,8-9H2,1H3. The van der Waals surface area contributed by atoms with Gasteiger partial charge in [0.1, 0.15) is 5.76 Å². The predicted molar refractivity (Wildman–Crippen MR) is 110 cm³/mol. The van der Waals surface area contributed by atoms with Crippen LogP contribution in [0.5, 0.6) is 0 Å². The van der Waals surface area contributed by atoms with Crippen molar-refractivity contribution in [3.63, 3.8) is 0 Å². The number of anilines is 1. The zero-order chi connectivity index (χ0) is 19.7. The van der Waals surface area contributed by atoms with E-state index in [0.717, 1.165) is 36.9 Å². The van der Waals surface area contributed by atoms with Crippen LogP contribution in [0.1, 0.15) is 43.2 Å². The molecule has 0 bridgehead atoms. The highest BCUT2D eigenvalue weighted by Crippen LogP contribution is 2.41. The number of hydrogen-bond acceptors (Lipinski definition) is 3. The summed E-state index contributed by atoms with van der Waals surface area (Å²) in [6, 6.07) is 16.3. The smallest absolute Gasteiger partial charge is 0.299 e. The Kier molecular flexibility index (Phi) is 5.03. The minimum absolute atomic E-state index is 0.0656. The Labute approximate surface area is 165 Å². The average Bonchev–Trinajstić information content (AvgIpc) is 3.00. The molecule has 1 amide bonds. The van der Waals surface area contributed by atoms with Gasteiger partial charge in [0.15, 0.2) is 0 Å². The molecule has 1 aliphatic carbocycles. The molecule has 4 heteroatoms. The number of amides is 1. The molecule has 1 saturated heterocycles. The van der Waals surface area contributed by atoms with Crippen molar-refractivity contribution in [2.75, 3.05) is 4.90 Å². The van der Waals surface area contributed by atoms with Gasteiger partial charge < -0.3 is 5.11 Å². The first kappa shape index (κ1) is 18.5. The predicted octanol–water partition coefficient (Wildman–Crippen LogP) is 4.83. The second-order valence-corrected chi connectivity index (χ2v) is 7.81. The van der Waals surface area contributed by atoms with E-state index in [1.807, 2.05) is 49.4 Å². The molecule has 2 aromatic carbocycles. The molecule has 1 saturated carbocycles. The third kappa shape index (κ3) is 3.24. The second kappa shape index (κ2) is 7.63. The number of aliphatic hydroxyl groups excluding tert-OH is 1. The Hall–Kier alpha value is -2.88. The quantitative estimate of drug-likeness (QED) is 0.475. The maximum absolute atomic E-state index is 13.0. The van der Waals surface area contributed by atoms with Gasteiger partial charge in [0, 0.05) is 11.3 Å². The zero-order valence-corrected chi connectivity index (χ0v) is 16.1. The van der Waals surface area contributed by atoms with Gasteiger partial charge in [-0.3, -0.25) is 14.5 Å². The molecule has 1 atom stereocenters. The molecule has 2 aliphatic rings. The third-order valence-corrected chi connectivity index (χ3v) is 5.94. The Balaban J connectivity index is 1.85. The fourth-order valence-corrected chi connectivity index (χ4v) is 4.49. The molecular weight excluding hydrogens is 350 g/mol. The molecule has 144 valence electrons. The number of carbonyl (C=O) groups excluding carboxylic acids is 2. The number of rotatable bonds is 3. The first-order valence-corrected chi connectivity index (χ1v) is 10.0. The zero-order valence-electron chi connectivity index (χ0n) is 16.1. The number of ketones is 1. The highest BCUT2D eigenvalue weighted by atomic mass is 16.3. The lowest BCUT2D eigenvalue weighted by atomic mass is 9.80. The van der Waals surface area contributed by atoms with E-state index >= 15 is 0 Å². The van der Waals surface area contributed by atoms with E-state index in [-0.39, 0.29) is 17.3 Å². The van der Waals surface area contributed by atoms with Crippen LogP contribution >= 0.6 is 0 Å². The molecule has 28 heavy (non-hydrogen) atoms. The summed E-state index contributed by atoms with van der Waals surface area (Å²) in [4.78, 5) is 27.7. The Morgan fingerprint density at radius 3 is 2.21 bits per heavy atom. The number of Topliss-reactive ketones (excluding diaryl/α,β-unsaturated/α-hetero) is 1. The number of carbonyl (C=O) groups is 2. The van der Waals surface area contributed by atoms with Gasteiger partial charge in [-0.1, -0.05) is 67.3 Å². The molecule has 4 nitrogen and oxygen atoms in total. The van der Waals surface area contributed by atoms with Crippen LogP contribution in [0.25, 0.3) is 5.76 Å². The lowest BCUT2D eigenvalue weighted by Crippen LogP contribution is -2.40. The van der Waals surface area contributed by atoms with Crippen molar-refractivity contribution in [1.29, 1.82) is 0 Å². The topological polar surface area (TPSA) is 57.6 Å². The van der Waals surface area contributed by atoms with E-state index < -0.39 is 17.7 Å². The second-order valence-electron chi connectivity index (χ2n) is 7.81. The monoisotopic (exact) mass is 375 g/mol. The van der Waals surface area contributed by atoms with Crippen molar-refractivity contribution in [3.05, 3.63) is 71.3 Å². The molecule has 1 aliphatic heterocycles. The van der Waals surface area contributed by atoms with Gasteiger partial charge in [-0.25, -0.2) is 0 Å². The summed E-state index contributed by atoms with van der Waals surface area (Å²) in [7, 11) is 0. The maximum atomic E-state index is 13.0. The molecule has 1 unspecified atom stereocenters. The molecule has 0 aromatic heterocycles. The van der Waals surface area contributed by atoms with Crippen LogP contribution in [0, 0.1) is 12.8 Å². The fourth-order valence-electron chi connectivity index (χ4n) is 4.49. The number of aliphatic hydroxyl groups is 1. The maximum Gasteiger partial charge on any atom is 0.299 e. The number of aryl methyl sites for hydroxylation is 1. The van der Waals surface area contributed by atoms with E-state index in [1.165, 1.54) is 6.42 Å². The highest BCUT2D eigenvalue weighted by molar-refractivity contribution is 6.51. The van der Waals surface area contributed by atoms with Crippen molar-refractivity contribution < 1.29 is 14.7 Å². The van der Waals surface area contributed by atoms with Gasteiger partial charge in [-0.05, 0) is 37.8 Å². The van der Waals surface area contributed by atoms with Gasteiger partial charge in [-0.2, -0.15) is 0 Å². The average molecular weight is 375 g/mol. The van der Waals surface area contributed by atoms with Crippen molar-refractivity contribution in [2.45, 2.75) is 45.1 Å². The van der Waals surface area contributed by atoms with Crippen LogP contribution in [0.15, 0.2) is 60.2 Å². The van der Waals surface area contributed by atoms with Crippen LogP contribution in [0.4, 0.5) is 5.69 Å². The minimum atomic E-state index is -0.586. The van der Waals surface area contributed by atoms with E-state index in [4.69, 9.17) is 0 Å². The molecule has 4 rings (SSSR count). The molecule has 0 spiro atoms. The molecule has 0 radical (unpaired) electrons. The number of nitrogens with zero attached hydrogens (tertiary/aromatic N) is 1. The van der Waals surface area contributed by atoms with Crippen LogP contribution in [0.3, 0.4) is 0 Å². The molecule has 2 fully saturated rings. The van der Waals surface area contributed by atoms with Crippen LogP contribution in [0.2, 0.25) is 0 Å². The Morgan fingerprint density at radius 2 is 1.57 bits per heavy atom. The van der Waals surface area contributed by atoms with Crippen molar-refractivity contribution in [2.24, 2.45) is 5.92 Å². The van der Waals surface area contributed by atoms with Crippen molar-refractivity contribution in [1.82, 2.24) is 0 Å². The van der Waals surface area contributed by atoms with Gasteiger partial charge in [0.05, 0.1) is 11.6 Å². The summed E-state index contributed by atoms with van der Waals surface area (Å²) in [5.74, 6) is -1.02. The van der Waals surface area contributed by atoms with Crippen LogP contribution in [-0.4, -0.2) is 22.8 Å². The number of benzene rings is 2. The van der Waals surface area contributed by atoms with E-state index in [2.05, 4.69) is 0 Å². The first-order chi connectivity index (χ1) is 13.6. The third-order valence-electron chi connectivity index (χ3n) is 5.94. The summed E-state index contributed by atoms with van der Waals surface area (Å²) in [5, 5.41) is 11.0. The van der Waals surface area contributed by atoms with Crippen molar-refractivity contribution in [3.8, 4) is 0 Å². The van der Waals surface area contributed by atoms with Gasteiger partial charge >= 0.3 is 0 Å². The molecule has 2 aromatic rings. The number of hydrogen-bond donors (Lipinski definition) is 1. The Bertz CT molecular complexity index is 909. The van der Waals surface area contributed by atoms with Gasteiger partial charge in [0.2, 0.25) is 0 Å². The van der Waals surface area contributed by atoms with E-state index in [1.54, 1.807) is 17.0 Å². The van der Waals surface area contributed by atoms with E-state index in [9.17, 15) is 14.7 Å². The molecular formula is C24H25NO3. The molecule has 1 N–H and O–H groups in total. The van der Waals surface area contributed by atoms with Crippen molar-refractivity contribution >= 4 is 23.1 Å². The summed E-state index contributed by atoms with van der Waals surface area (Å²) in [6.45, 7) is 1.99. The normalized spacial score (nSPS) is 22.6. The summed E-state index contributed by atoms with van der Waals surface area (Å²) in [6.07, 6.45) is 5.27. The van der Waals surface area contributed by atoms with E-state index in [0.29, 0.717) is 5.56 Å². The lowest BCUT2D eigenvalue weighted by molar-refractivity contribution is -0.132. The van der Waals surface area contributed by atoms with Gasteiger partial charge in [-0.15, -0.1) is 0 Å². The largest absolute Gasteiger partial charge is 0.507 e. The van der Waals surface area contributed by atoms with Gasteiger partial charge in [0.25, 0.3) is 11.7 Å². The minimum Gasteiger partial charge on any atom is -0.507 e. The SMILES string of the molecule is Cc1ccc(N2C(=O)C(=O)C(=C(O)c3ccccc3)C2C2CCCCC2)cc1. The summed E-state index contributed by atoms with van der Waals surface area (Å²) < 4.78 is 0. The fraction of sp³-hybridized carbons (Fsp3) is 0.333.